The Morgan fingerprint density at radius 3 is 2.31 bits per heavy atom. The molecule has 15 heteroatoms. The minimum Gasteiger partial charge on any atom is -0.384 e. The van der Waals surface area contributed by atoms with Crippen LogP contribution in [-0.2, 0) is 14.4 Å². The second-order valence-electron chi connectivity index (χ2n) is 19.2. The van der Waals surface area contributed by atoms with Crippen LogP contribution in [0.25, 0.3) is 28.0 Å². The van der Waals surface area contributed by atoms with Crippen LogP contribution >= 0.6 is 0 Å². The van der Waals surface area contributed by atoms with Gasteiger partial charge in [-0.2, -0.15) is 15.5 Å². The summed E-state index contributed by atoms with van der Waals surface area (Å²) in [6, 6.07) is 16.3. The molecule has 3 N–H and O–H groups in total. The molecular weight excluding hydrogens is 817 g/mol. The fourth-order valence-electron chi connectivity index (χ4n) is 10.9. The van der Waals surface area contributed by atoms with Gasteiger partial charge in [0.1, 0.15) is 23.0 Å². The van der Waals surface area contributed by atoms with Crippen LogP contribution in [-0.4, -0.2) is 96.8 Å². The van der Waals surface area contributed by atoms with Crippen LogP contribution in [0.2, 0.25) is 0 Å². The zero-order valence-corrected chi connectivity index (χ0v) is 37.4. The van der Waals surface area contributed by atoms with Crippen LogP contribution < -0.4 is 20.9 Å². The van der Waals surface area contributed by atoms with Gasteiger partial charge in [-0.05, 0) is 132 Å². The first-order valence-electron chi connectivity index (χ1n) is 24.0. The molecule has 5 aromatic rings. The number of nitrogens with one attached hydrogen (secondary N) is 3. The summed E-state index contributed by atoms with van der Waals surface area (Å²) in [5.74, 6) is 1.11. The van der Waals surface area contributed by atoms with Gasteiger partial charge in [-0.25, -0.2) is 14.5 Å². The van der Waals surface area contributed by atoms with Crippen LogP contribution in [0, 0.1) is 22.7 Å². The molecule has 4 aromatic heterocycles. The third-order valence-electron chi connectivity index (χ3n) is 15.6. The molecule has 15 nitrogen and oxygen atoms in total. The van der Waals surface area contributed by atoms with E-state index in [1.807, 2.05) is 30.7 Å². The Balaban J connectivity index is 0.741. The lowest BCUT2D eigenvalue weighted by molar-refractivity contribution is -0.136. The van der Waals surface area contributed by atoms with Gasteiger partial charge in [0.25, 0.3) is 0 Å². The molecule has 7 heterocycles. The highest BCUT2D eigenvalue weighted by Crippen LogP contribution is 2.39. The Kier molecular flexibility index (Phi) is 12.1. The van der Waals surface area contributed by atoms with Gasteiger partial charge in [-0.1, -0.05) is 19.1 Å². The van der Waals surface area contributed by atoms with Gasteiger partial charge < -0.3 is 20.4 Å². The number of hydrogen-bond acceptors (Lipinski definition) is 11. The van der Waals surface area contributed by atoms with E-state index in [4.69, 9.17) is 15.1 Å². The molecule has 5 aliphatic rings. The number of rotatable bonds is 12. The zero-order chi connectivity index (χ0) is 44.5. The van der Waals surface area contributed by atoms with E-state index >= 15 is 0 Å². The summed E-state index contributed by atoms with van der Waals surface area (Å²) >= 11 is 0. The fraction of sp³-hybridized carbons (Fsp3) is 0.520. The van der Waals surface area contributed by atoms with E-state index < -0.39 is 0 Å². The zero-order valence-electron chi connectivity index (χ0n) is 37.4. The van der Waals surface area contributed by atoms with Crippen molar-refractivity contribution >= 4 is 34.7 Å². The highest BCUT2D eigenvalue weighted by atomic mass is 16.2. The van der Waals surface area contributed by atoms with Crippen LogP contribution in [0.1, 0.15) is 120 Å². The van der Waals surface area contributed by atoms with E-state index in [0.29, 0.717) is 60.2 Å². The molecule has 0 spiro atoms. The maximum atomic E-state index is 13.3. The Bertz CT molecular complexity index is 2550. The Morgan fingerprint density at radius 2 is 1.63 bits per heavy atom. The lowest BCUT2D eigenvalue weighted by Gasteiger charge is -2.42. The van der Waals surface area contributed by atoms with Crippen molar-refractivity contribution in [1.29, 1.82) is 5.26 Å². The fourth-order valence-corrected chi connectivity index (χ4v) is 10.9. The number of benzene rings is 1. The van der Waals surface area contributed by atoms with Crippen molar-refractivity contribution in [2.45, 2.75) is 121 Å². The number of pyridine rings is 1. The molecule has 338 valence electrons. The number of piperidine rings is 3. The topological polar surface area (TPSA) is 178 Å². The molecule has 2 saturated carbocycles. The van der Waals surface area contributed by atoms with Crippen molar-refractivity contribution in [3.8, 4) is 28.6 Å². The van der Waals surface area contributed by atoms with Gasteiger partial charge in [0, 0.05) is 67.3 Å². The highest BCUT2D eigenvalue weighted by Gasteiger charge is 2.41. The number of hydrogen-bond donors (Lipinski definition) is 3. The summed E-state index contributed by atoms with van der Waals surface area (Å²) in [7, 11) is 0. The standard InChI is InChI=1S/C50H60N12O3/c1-2-50(49(65)56-40-4-3-5-40)20-24-60(25-21-50)44-16-8-35(27-53-44)46-47-37(26-51)29-55-62(47)32-43(57-46)38-30-54-61(31-38)42-14-12-41(13-15-42)59-22-18-34(19-23-59)33-6-10-39(11-7-33)52-28-36-9-17-45(63)58-48(36)64/h6-8,10-11,16,27,29-32,34,36,40-42,52H,2-5,9,12-15,17-25,28H2,1H3,(H,56,65)(H,58,63,64). The quantitative estimate of drug-likeness (QED) is 0.110. The first kappa shape index (κ1) is 42.8. The van der Waals surface area contributed by atoms with E-state index in [1.165, 1.54) is 12.0 Å². The second kappa shape index (κ2) is 18.4. The summed E-state index contributed by atoms with van der Waals surface area (Å²) in [5.41, 5.74) is 6.27. The molecule has 1 atom stereocenters. The maximum absolute atomic E-state index is 13.3. The van der Waals surface area contributed by atoms with Crippen LogP contribution in [0.15, 0.2) is 67.4 Å². The minimum absolute atomic E-state index is 0.178. The SMILES string of the molecule is CCC1(C(=O)NC2CCC2)CCN(c2ccc(-c3nc(-c4cnn(C5CCC(N6CCC(c7ccc(NCC8CCC(=O)NC8=O)cc7)CC6)CC5)c4)cn4ncc(C#N)c34)cn2)CC1. The van der Waals surface area contributed by atoms with E-state index in [9.17, 15) is 19.6 Å². The molecular formula is C50H60N12O3. The molecule has 5 fully saturated rings. The van der Waals surface area contributed by atoms with Crippen molar-refractivity contribution < 1.29 is 14.4 Å². The summed E-state index contributed by atoms with van der Waals surface area (Å²) in [5, 5.41) is 28.6. The van der Waals surface area contributed by atoms with Gasteiger partial charge in [0.2, 0.25) is 17.7 Å². The molecule has 3 amide bonds. The monoisotopic (exact) mass is 876 g/mol. The lowest BCUT2D eigenvalue weighted by Crippen LogP contribution is -2.52. The number of imide groups is 1. The Hall–Kier alpha value is -6.14. The van der Waals surface area contributed by atoms with Crippen LogP contribution in [0.5, 0.6) is 0 Å². The third-order valence-corrected chi connectivity index (χ3v) is 15.6. The first-order chi connectivity index (χ1) is 31.8. The smallest absolute Gasteiger partial charge is 0.231 e. The molecule has 0 bridgehead atoms. The molecule has 65 heavy (non-hydrogen) atoms. The van der Waals surface area contributed by atoms with Crippen molar-refractivity contribution in [1.82, 2.24) is 44.9 Å². The van der Waals surface area contributed by atoms with Gasteiger partial charge in [-0.15, -0.1) is 0 Å². The number of carbonyl (C=O) groups excluding carboxylic acids is 3. The van der Waals surface area contributed by atoms with Gasteiger partial charge in [0.15, 0.2) is 0 Å². The average molecular weight is 877 g/mol. The molecule has 1 aromatic carbocycles. The summed E-state index contributed by atoms with van der Waals surface area (Å²) in [6.45, 7) is 6.43. The molecule has 1 unspecified atom stereocenters. The normalized spacial score (nSPS) is 23.1. The van der Waals surface area contributed by atoms with Gasteiger partial charge in [0.05, 0.1) is 47.4 Å². The second-order valence-corrected chi connectivity index (χ2v) is 19.2. The van der Waals surface area contributed by atoms with Gasteiger partial charge >= 0.3 is 0 Å². The van der Waals surface area contributed by atoms with Crippen LogP contribution in [0.4, 0.5) is 11.5 Å². The number of aromatic nitrogens is 6. The number of nitriles is 1. The van der Waals surface area contributed by atoms with E-state index in [2.05, 4.69) is 79.0 Å². The maximum Gasteiger partial charge on any atom is 0.231 e. The predicted octanol–water partition coefficient (Wildman–Crippen LogP) is 7.02. The van der Waals surface area contributed by atoms with Gasteiger partial charge in [-0.3, -0.25) is 24.4 Å². The summed E-state index contributed by atoms with van der Waals surface area (Å²) < 4.78 is 3.87. The predicted molar refractivity (Wildman–Crippen MR) is 248 cm³/mol. The lowest BCUT2D eigenvalue weighted by atomic mass is 9.74. The van der Waals surface area contributed by atoms with E-state index in [1.54, 1.807) is 10.7 Å². The van der Waals surface area contributed by atoms with Crippen LogP contribution in [0.3, 0.4) is 0 Å². The number of amides is 3. The minimum atomic E-state index is -0.316. The largest absolute Gasteiger partial charge is 0.384 e. The van der Waals surface area contributed by atoms with Crippen molar-refractivity contribution in [3.05, 3.63) is 78.5 Å². The summed E-state index contributed by atoms with van der Waals surface area (Å²) in [6.07, 6.45) is 22.9. The Labute approximate surface area is 380 Å². The first-order valence-corrected chi connectivity index (χ1v) is 24.0. The average Bonchev–Trinajstić information content (AvgIpc) is 4.01. The van der Waals surface area contributed by atoms with Crippen molar-refractivity contribution in [3.63, 3.8) is 0 Å². The number of anilines is 2. The number of fused-ring (bicyclic) bond motifs is 1. The summed E-state index contributed by atoms with van der Waals surface area (Å²) in [4.78, 5) is 51.9. The Morgan fingerprint density at radius 1 is 0.862 bits per heavy atom. The number of likely N-dealkylation sites (tertiary alicyclic amines) is 1. The molecule has 3 saturated heterocycles. The molecule has 3 aliphatic heterocycles. The third kappa shape index (κ3) is 8.85. The molecule has 2 aliphatic carbocycles. The highest BCUT2D eigenvalue weighted by molar-refractivity contribution is 5.98. The van der Waals surface area contributed by atoms with Crippen molar-refractivity contribution in [2.75, 3.05) is 42.9 Å². The van der Waals surface area contributed by atoms with Crippen molar-refractivity contribution in [2.24, 2.45) is 11.3 Å². The molecule has 0 radical (unpaired) electrons. The van der Waals surface area contributed by atoms with E-state index in [-0.39, 0.29) is 29.1 Å². The number of nitrogens with zero attached hydrogens (tertiary/aromatic N) is 9. The molecule has 10 rings (SSSR count). The van der Waals surface area contributed by atoms with E-state index in [0.717, 1.165) is 125 Å². The number of carbonyl (C=O) groups is 3.